The third-order valence-corrected chi connectivity index (χ3v) is 2.72. The van der Waals surface area contributed by atoms with Crippen LogP contribution in [0.15, 0.2) is 30.5 Å². The third kappa shape index (κ3) is 2.64. The van der Waals surface area contributed by atoms with Crippen LogP contribution < -0.4 is 4.74 Å². The largest absolute Gasteiger partial charge is 0.431 e. The van der Waals surface area contributed by atoms with Gasteiger partial charge in [0.1, 0.15) is 0 Å². The first-order chi connectivity index (χ1) is 9.52. The molecule has 0 N–H and O–H groups in total. The topological polar surface area (TPSA) is 82.3 Å². The number of aldehydes is 1. The number of pyridine rings is 1. The summed E-state index contributed by atoms with van der Waals surface area (Å²) in [6.07, 6.45) is 2.05. The van der Waals surface area contributed by atoms with E-state index in [2.05, 4.69) is 4.98 Å². The number of aromatic nitrogens is 1. The number of hydrogen-bond donors (Lipinski definition) is 0. The molecule has 0 unspecified atom stereocenters. The highest BCUT2D eigenvalue weighted by Crippen LogP contribution is 2.35. The number of nitrogens with zero attached hydrogens (tertiary/aromatic N) is 2. The lowest BCUT2D eigenvalue weighted by atomic mass is 10.1. The van der Waals surface area contributed by atoms with Gasteiger partial charge in [-0.25, -0.2) is 4.98 Å². The molecule has 0 saturated carbocycles. The Morgan fingerprint density at radius 3 is 2.75 bits per heavy atom. The minimum Gasteiger partial charge on any atom is -0.431 e. The molecular weight excluding hydrogens is 260 g/mol. The number of benzene rings is 1. The fraction of sp³-hybridized carbons (Fsp3) is 0.143. The van der Waals surface area contributed by atoms with Crippen molar-refractivity contribution in [2.24, 2.45) is 0 Å². The van der Waals surface area contributed by atoms with Gasteiger partial charge in [0.2, 0.25) is 11.6 Å². The van der Waals surface area contributed by atoms with Crippen LogP contribution in [0.3, 0.4) is 0 Å². The van der Waals surface area contributed by atoms with Gasteiger partial charge in [-0.2, -0.15) is 0 Å². The summed E-state index contributed by atoms with van der Waals surface area (Å²) in [5.41, 5.74) is 1.46. The van der Waals surface area contributed by atoms with Crippen LogP contribution in [0.5, 0.6) is 11.6 Å². The van der Waals surface area contributed by atoms with Crippen molar-refractivity contribution in [1.82, 2.24) is 4.98 Å². The van der Waals surface area contributed by atoms with Crippen LogP contribution in [-0.4, -0.2) is 16.2 Å². The first-order valence-corrected chi connectivity index (χ1v) is 5.86. The van der Waals surface area contributed by atoms with Crippen LogP contribution in [0.1, 0.15) is 21.5 Å². The summed E-state index contributed by atoms with van der Waals surface area (Å²) in [6, 6.07) is 6.31. The molecule has 0 aliphatic carbocycles. The summed E-state index contributed by atoms with van der Waals surface area (Å²) in [7, 11) is 0. The smallest absolute Gasteiger partial charge is 0.312 e. The third-order valence-electron chi connectivity index (χ3n) is 2.72. The van der Waals surface area contributed by atoms with Crippen LogP contribution in [0.2, 0.25) is 0 Å². The number of aryl methyl sites for hydroxylation is 2. The Bertz CT molecular complexity index is 683. The fourth-order valence-electron chi connectivity index (χ4n) is 1.88. The summed E-state index contributed by atoms with van der Waals surface area (Å²) in [4.78, 5) is 25.4. The molecule has 2 rings (SSSR count). The lowest BCUT2D eigenvalue weighted by Crippen LogP contribution is -1.99. The monoisotopic (exact) mass is 272 g/mol. The molecule has 1 heterocycles. The zero-order valence-electron chi connectivity index (χ0n) is 11.0. The second-order valence-electron chi connectivity index (χ2n) is 4.30. The molecule has 0 amide bonds. The first kappa shape index (κ1) is 13.7. The zero-order chi connectivity index (χ0) is 14.7. The number of carbonyl (C=O) groups is 1. The number of ether oxygens (including phenoxy) is 1. The predicted octanol–water partition coefficient (Wildman–Crippen LogP) is 3.21. The average molecular weight is 272 g/mol. The maximum Gasteiger partial charge on any atom is 0.312 e. The van der Waals surface area contributed by atoms with E-state index < -0.39 is 4.92 Å². The molecule has 0 saturated heterocycles. The minimum atomic E-state index is -0.515. The van der Waals surface area contributed by atoms with Gasteiger partial charge in [0.15, 0.2) is 6.29 Å². The summed E-state index contributed by atoms with van der Waals surface area (Å²) in [6.45, 7) is 3.47. The van der Waals surface area contributed by atoms with E-state index in [4.69, 9.17) is 4.74 Å². The lowest BCUT2D eigenvalue weighted by Gasteiger charge is -2.10. The van der Waals surface area contributed by atoms with E-state index in [9.17, 15) is 14.9 Å². The van der Waals surface area contributed by atoms with Crippen molar-refractivity contribution in [3.8, 4) is 11.6 Å². The van der Waals surface area contributed by atoms with Gasteiger partial charge in [0.25, 0.3) is 0 Å². The predicted molar refractivity (Wildman–Crippen MR) is 72.3 cm³/mol. The highest BCUT2D eigenvalue weighted by Gasteiger charge is 2.20. The van der Waals surface area contributed by atoms with Crippen molar-refractivity contribution in [2.75, 3.05) is 0 Å². The van der Waals surface area contributed by atoms with E-state index in [0.717, 1.165) is 5.56 Å². The molecule has 0 bridgehead atoms. The SMILES string of the molecule is Cc1cc(C)c(Oc2ncccc2C=O)c([N+](=O)[O-])c1. The second-order valence-corrected chi connectivity index (χ2v) is 4.30. The summed E-state index contributed by atoms with van der Waals surface area (Å²) >= 11 is 0. The Morgan fingerprint density at radius 1 is 1.35 bits per heavy atom. The van der Waals surface area contributed by atoms with Crippen molar-refractivity contribution in [3.63, 3.8) is 0 Å². The summed E-state index contributed by atoms with van der Waals surface area (Å²) in [5, 5.41) is 11.1. The van der Waals surface area contributed by atoms with Crippen LogP contribution in [0, 0.1) is 24.0 Å². The van der Waals surface area contributed by atoms with Gasteiger partial charge in [-0.3, -0.25) is 14.9 Å². The molecule has 6 nitrogen and oxygen atoms in total. The van der Waals surface area contributed by atoms with E-state index in [-0.39, 0.29) is 22.9 Å². The van der Waals surface area contributed by atoms with Gasteiger partial charge in [-0.1, -0.05) is 6.07 Å². The van der Waals surface area contributed by atoms with Crippen molar-refractivity contribution in [1.29, 1.82) is 0 Å². The number of nitro groups is 1. The molecular formula is C14H12N2O4. The summed E-state index contributed by atoms with van der Waals surface area (Å²) in [5.74, 6) is 0.153. The van der Waals surface area contributed by atoms with Gasteiger partial charge in [-0.05, 0) is 37.1 Å². The molecule has 0 aliphatic rings. The van der Waals surface area contributed by atoms with Crippen LogP contribution in [0.25, 0.3) is 0 Å². The maximum absolute atomic E-state index is 11.1. The van der Waals surface area contributed by atoms with Crippen molar-refractivity contribution >= 4 is 12.0 Å². The fourth-order valence-corrected chi connectivity index (χ4v) is 1.88. The molecule has 1 aromatic heterocycles. The molecule has 20 heavy (non-hydrogen) atoms. The molecule has 2 aromatic rings. The standard InChI is InChI=1S/C14H12N2O4/c1-9-6-10(2)13(12(7-9)16(18)19)20-14-11(8-17)4-3-5-15-14/h3-8H,1-2H3. The molecule has 0 aliphatic heterocycles. The second kappa shape index (κ2) is 5.48. The zero-order valence-corrected chi connectivity index (χ0v) is 11.0. The van der Waals surface area contributed by atoms with Crippen molar-refractivity contribution in [2.45, 2.75) is 13.8 Å². The lowest BCUT2D eigenvalue weighted by molar-refractivity contribution is -0.385. The first-order valence-electron chi connectivity index (χ1n) is 5.86. The quantitative estimate of drug-likeness (QED) is 0.485. The molecule has 102 valence electrons. The normalized spacial score (nSPS) is 10.1. The van der Waals surface area contributed by atoms with Crippen LogP contribution in [-0.2, 0) is 0 Å². The molecule has 6 heteroatoms. The number of hydrogen-bond acceptors (Lipinski definition) is 5. The Labute approximate surface area is 115 Å². The average Bonchev–Trinajstić information content (AvgIpc) is 2.41. The maximum atomic E-state index is 11.1. The van der Waals surface area contributed by atoms with E-state index in [0.29, 0.717) is 11.8 Å². The highest BCUT2D eigenvalue weighted by molar-refractivity contribution is 5.78. The Morgan fingerprint density at radius 2 is 2.10 bits per heavy atom. The van der Waals surface area contributed by atoms with Gasteiger partial charge in [-0.15, -0.1) is 0 Å². The van der Waals surface area contributed by atoms with E-state index in [1.165, 1.54) is 18.3 Å². The van der Waals surface area contributed by atoms with Crippen LogP contribution in [0.4, 0.5) is 5.69 Å². The number of nitro benzene ring substituents is 1. The minimum absolute atomic E-state index is 0.0533. The van der Waals surface area contributed by atoms with E-state index >= 15 is 0 Å². The molecule has 0 spiro atoms. The van der Waals surface area contributed by atoms with Gasteiger partial charge in [0, 0.05) is 12.3 Å². The summed E-state index contributed by atoms with van der Waals surface area (Å²) < 4.78 is 5.49. The van der Waals surface area contributed by atoms with Gasteiger partial charge < -0.3 is 4.74 Å². The Balaban J connectivity index is 2.53. The van der Waals surface area contributed by atoms with E-state index in [1.54, 1.807) is 26.0 Å². The molecule has 0 fully saturated rings. The van der Waals surface area contributed by atoms with Gasteiger partial charge >= 0.3 is 5.69 Å². The molecule has 1 aromatic carbocycles. The van der Waals surface area contributed by atoms with E-state index in [1.807, 2.05) is 0 Å². The highest BCUT2D eigenvalue weighted by atomic mass is 16.6. The van der Waals surface area contributed by atoms with Crippen molar-refractivity contribution in [3.05, 3.63) is 57.3 Å². The number of carbonyl (C=O) groups excluding carboxylic acids is 1. The molecule has 0 atom stereocenters. The Kier molecular flexibility index (Phi) is 3.74. The molecule has 0 radical (unpaired) electrons. The van der Waals surface area contributed by atoms with Crippen molar-refractivity contribution < 1.29 is 14.5 Å². The Hall–Kier alpha value is -2.76. The van der Waals surface area contributed by atoms with Gasteiger partial charge in [0.05, 0.1) is 10.5 Å². The van der Waals surface area contributed by atoms with Crippen LogP contribution >= 0.6 is 0 Å². The number of rotatable bonds is 4.